The molecular weight excluding hydrogens is 195 g/mol. The quantitative estimate of drug-likeness (QED) is 0.835. The number of rotatable bonds is 3. The van der Waals surface area contributed by atoms with Crippen LogP contribution in [0.15, 0.2) is 10.8 Å². The first kappa shape index (κ1) is 10.6. The lowest BCUT2D eigenvalue weighted by molar-refractivity contribution is 0.188. The summed E-state index contributed by atoms with van der Waals surface area (Å²) in [6.07, 6.45) is 4.70. The zero-order valence-corrected chi connectivity index (χ0v) is 9.00. The normalized spacial score (nSPS) is 26.8. The van der Waals surface area contributed by atoms with Crippen LogP contribution in [0.1, 0.15) is 36.9 Å². The largest absolute Gasteiger partial charge is 0.364 e. The molecule has 0 unspecified atom stereocenters. The molecule has 1 aliphatic carbocycles. The van der Waals surface area contributed by atoms with E-state index in [4.69, 9.17) is 4.52 Å². The molecule has 15 heavy (non-hydrogen) atoms. The van der Waals surface area contributed by atoms with Crippen molar-refractivity contribution in [1.82, 2.24) is 10.5 Å². The molecule has 1 fully saturated rings. The van der Waals surface area contributed by atoms with E-state index in [1.54, 1.807) is 6.26 Å². The number of nitrogens with one attached hydrogen (secondary N) is 1. The van der Waals surface area contributed by atoms with E-state index in [1.807, 2.05) is 6.92 Å². The van der Waals surface area contributed by atoms with Crippen LogP contribution in [0, 0.1) is 6.92 Å². The highest BCUT2D eigenvalue weighted by atomic mass is 19.1. The van der Waals surface area contributed by atoms with E-state index in [0.717, 1.165) is 30.5 Å². The third kappa shape index (κ3) is 2.56. The van der Waals surface area contributed by atoms with Gasteiger partial charge in [-0.2, -0.15) is 0 Å². The second-order valence-corrected chi connectivity index (χ2v) is 4.21. The lowest BCUT2D eigenvalue weighted by Crippen LogP contribution is -2.39. The molecule has 1 N–H and O–H groups in total. The van der Waals surface area contributed by atoms with Gasteiger partial charge in [0.05, 0.1) is 5.69 Å². The molecule has 1 aliphatic rings. The standard InChI is InChI=1S/C11H17FN2O/c1-8-9(7-15-14-8)6-13-11-5-3-2-4-10(11)12/h7,10-11,13H,2-6H2,1H3/t10-,11-/m1/s1. The Morgan fingerprint density at radius 3 is 3.00 bits per heavy atom. The maximum Gasteiger partial charge on any atom is 0.128 e. The van der Waals surface area contributed by atoms with Gasteiger partial charge in [0, 0.05) is 18.2 Å². The zero-order chi connectivity index (χ0) is 10.7. The van der Waals surface area contributed by atoms with Gasteiger partial charge in [0.2, 0.25) is 0 Å². The van der Waals surface area contributed by atoms with Crippen molar-refractivity contribution < 1.29 is 8.91 Å². The van der Waals surface area contributed by atoms with Gasteiger partial charge in [-0.05, 0) is 19.8 Å². The monoisotopic (exact) mass is 212 g/mol. The molecule has 2 atom stereocenters. The number of halogens is 1. The lowest BCUT2D eigenvalue weighted by atomic mass is 9.93. The molecule has 0 aromatic carbocycles. The van der Waals surface area contributed by atoms with Crippen molar-refractivity contribution in [3.05, 3.63) is 17.5 Å². The van der Waals surface area contributed by atoms with E-state index in [9.17, 15) is 4.39 Å². The van der Waals surface area contributed by atoms with Gasteiger partial charge >= 0.3 is 0 Å². The molecule has 0 spiro atoms. The highest BCUT2D eigenvalue weighted by molar-refractivity contribution is 5.12. The fourth-order valence-electron chi connectivity index (χ4n) is 2.04. The summed E-state index contributed by atoms with van der Waals surface area (Å²) in [5, 5.41) is 7.03. The fraction of sp³-hybridized carbons (Fsp3) is 0.727. The third-order valence-corrected chi connectivity index (χ3v) is 3.09. The van der Waals surface area contributed by atoms with E-state index in [1.165, 1.54) is 0 Å². The molecule has 3 nitrogen and oxygen atoms in total. The first-order chi connectivity index (χ1) is 7.27. The molecule has 2 rings (SSSR count). The average molecular weight is 212 g/mol. The van der Waals surface area contributed by atoms with Crippen LogP contribution < -0.4 is 5.32 Å². The molecule has 1 saturated carbocycles. The van der Waals surface area contributed by atoms with Crippen molar-refractivity contribution in [3.8, 4) is 0 Å². The smallest absolute Gasteiger partial charge is 0.128 e. The summed E-state index contributed by atoms with van der Waals surface area (Å²) in [6, 6.07) is 0.00745. The minimum Gasteiger partial charge on any atom is -0.364 e. The molecule has 0 aliphatic heterocycles. The second-order valence-electron chi connectivity index (χ2n) is 4.21. The van der Waals surface area contributed by atoms with Crippen LogP contribution in [0.5, 0.6) is 0 Å². The molecule has 0 radical (unpaired) electrons. The summed E-state index contributed by atoms with van der Waals surface area (Å²) in [5.74, 6) is 0. The number of hydrogen-bond donors (Lipinski definition) is 1. The van der Waals surface area contributed by atoms with Crippen molar-refractivity contribution in [2.24, 2.45) is 0 Å². The fourth-order valence-corrected chi connectivity index (χ4v) is 2.04. The summed E-state index contributed by atoms with van der Waals surface area (Å²) in [7, 11) is 0. The Balaban J connectivity index is 1.84. The van der Waals surface area contributed by atoms with E-state index in [-0.39, 0.29) is 6.04 Å². The summed E-state index contributed by atoms with van der Waals surface area (Å²) in [4.78, 5) is 0. The average Bonchev–Trinajstić information content (AvgIpc) is 2.63. The highest BCUT2D eigenvalue weighted by Crippen LogP contribution is 2.21. The Morgan fingerprint density at radius 2 is 2.33 bits per heavy atom. The van der Waals surface area contributed by atoms with Gasteiger partial charge in [0.15, 0.2) is 0 Å². The summed E-state index contributed by atoms with van der Waals surface area (Å²) in [5.41, 5.74) is 1.90. The van der Waals surface area contributed by atoms with Crippen LogP contribution >= 0.6 is 0 Å². The van der Waals surface area contributed by atoms with Crippen LogP contribution in [0.25, 0.3) is 0 Å². The van der Waals surface area contributed by atoms with E-state index < -0.39 is 6.17 Å². The zero-order valence-electron chi connectivity index (χ0n) is 9.00. The molecule has 4 heteroatoms. The second kappa shape index (κ2) is 4.75. The maximum absolute atomic E-state index is 13.5. The van der Waals surface area contributed by atoms with Gasteiger partial charge in [0.1, 0.15) is 12.4 Å². The van der Waals surface area contributed by atoms with Gasteiger partial charge in [0.25, 0.3) is 0 Å². The molecule has 1 aromatic rings. The summed E-state index contributed by atoms with van der Waals surface area (Å²) >= 11 is 0. The number of aryl methyl sites for hydroxylation is 1. The Morgan fingerprint density at radius 1 is 1.53 bits per heavy atom. The van der Waals surface area contributed by atoms with E-state index in [2.05, 4.69) is 10.5 Å². The predicted octanol–water partition coefficient (Wildman–Crippen LogP) is 2.35. The van der Waals surface area contributed by atoms with E-state index >= 15 is 0 Å². The van der Waals surface area contributed by atoms with Crippen molar-refractivity contribution in [1.29, 1.82) is 0 Å². The molecule has 84 valence electrons. The molecule has 0 amide bonds. The topological polar surface area (TPSA) is 38.1 Å². The number of hydrogen-bond acceptors (Lipinski definition) is 3. The van der Waals surface area contributed by atoms with Gasteiger partial charge in [-0.3, -0.25) is 0 Å². The van der Waals surface area contributed by atoms with Gasteiger partial charge in [-0.25, -0.2) is 4.39 Å². The minimum atomic E-state index is -0.695. The Hall–Kier alpha value is -0.900. The van der Waals surface area contributed by atoms with Gasteiger partial charge in [-0.1, -0.05) is 18.0 Å². The molecule has 0 saturated heterocycles. The highest BCUT2D eigenvalue weighted by Gasteiger charge is 2.24. The first-order valence-electron chi connectivity index (χ1n) is 5.54. The molecule has 0 bridgehead atoms. The van der Waals surface area contributed by atoms with Crippen molar-refractivity contribution in [2.45, 2.75) is 51.4 Å². The van der Waals surface area contributed by atoms with Crippen LogP contribution in [0.3, 0.4) is 0 Å². The van der Waals surface area contributed by atoms with E-state index in [0.29, 0.717) is 13.0 Å². The number of alkyl halides is 1. The lowest BCUT2D eigenvalue weighted by Gasteiger charge is -2.26. The Kier molecular flexibility index (Phi) is 3.36. The Bertz CT molecular complexity index is 313. The van der Waals surface area contributed by atoms with Crippen molar-refractivity contribution >= 4 is 0 Å². The minimum absolute atomic E-state index is 0.00745. The van der Waals surface area contributed by atoms with Crippen LogP contribution in [0.4, 0.5) is 4.39 Å². The van der Waals surface area contributed by atoms with Crippen LogP contribution in [-0.2, 0) is 6.54 Å². The summed E-state index contributed by atoms with van der Waals surface area (Å²) < 4.78 is 18.3. The third-order valence-electron chi connectivity index (χ3n) is 3.09. The van der Waals surface area contributed by atoms with Crippen molar-refractivity contribution in [2.75, 3.05) is 0 Å². The van der Waals surface area contributed by atoms with Crippen LogP contribution in [-0.4, -0.2) is 17.4 Å². The Labute approximate surface area is 89.0 Å². The first-order valence-corrected chi connectivity index (χ1v) is 5.54. The molecule has 1 aromatic heterocycles. The van der Waals surface area contributed by atoms with Crippen molar-refractivity contribution in [3.63, 3.8) is 0 Å². The SMILES string of the molecule is Cc1nocc1CN[C@@H]1CCCC[C@H]1F. The predicted molar refractivity (Wildman–Crippen MR) is 55.2 cm³/mol. The van der Waals surface area contributed by atoms with Gasteiger partial charge < -0.3 is 9.84 Å². The van der Waals surface area contributed by atoms with Crippen LogP contribution in [0.2, 0.25) is 0 Å². The molecular formula is C11H17FN2O. The summed E-state index contributed by atoms with van der Waals surface area (Å²) in [6.45, 7) is 2.55. The maximum atomic E-state index is 13.5. The number of nitrogens with zero attached hydrogens (tertiary/aromatic N) is 1. The van der Waals surface area contributed by atoms with Gasteiger partial charge in [-0.15, -0.1) is 0 Å². The molecule has 1 heterocycles. The number of aromatic nitrogens is 1.